The largest absolute Gasteiger partial charge is 0.318 e. The molecule has 4 nitrogen and oxygen atoms in total. The molecule has 0 bridgehead atoms. The van der Waals surface area contributed by atoms with Crippen LogP contribution in [0.3, 0.4) is 0 Å². The lowest BCUT2D eigenvalue weighted by Gasteiger charge is -2.09. The first-order valence-corrected chi connectivity index (χ1v) is 6.45. The Hall–Kier alpha value is -3.19. The molecule has 0 amide bonds. The number of hydrogen-bond acceptors (Lipinski definition) is 3. The summed E-state index contributed by atoms with van der Waals surface area (Å²) in [5.74, 6) is 0. The predicted molar refractivity (Wildman–Crippen MR) is 80.4 cm³/mol. The number of nitriles is 1. The Morgan fingerprint density at radius 2 is 1.48 bits per heavy atom. The summed E-state index contributed by atoms with van der Waals surface area (Å²) in [6.07, 6.45) is 0. The van der Waals surface area contributed by atoms with Crippen LogP contribution in [0.25, 0.3) is 22.5 Å². The smallest absolute Gasteiger partial charge is 0.285 e. The molecule has 0 spiro atoms. The molecule has 3 rings (SSSR count). The average Bonchev–Trinajstić information content (AvgIpc) is 2.56. The predicted octanol–water partition coefficient (Wildman–Crippen LogP) is 2.98. The highest BCUT2D eigenvalue weighted by atomic mass is 16.1. The quantitative estimate of drug-likeness (QED) is 0.780. The van der Waals surface area contributed by atoms with Gasteiger partial charge in [0.15, 0.2) is 0 Å². The third-order valence-electron chi connectivity index (χ3n) is 3.13. The Morgan fingerprint density at radius 3 is 2.05 bits per heavy atom. The number of aromatic amines is 1. The molecule has 3 aromatic rings. The van der Waals surface area contributed by atoms with Gasteiger partial charge in [0, 0.05) is 11.1 Å². The second-order valence-electron chi connectivity index (χ2n) is 4.48. The monoisotopic (exact) mass is 273 g/mol. The molecule has 0 aliphatic heterocycles. The van der Waals surface area contributed by atoms with Crippen LogP contribution in [0, 0.1) is 11.3 Å². The van der Waals surface area contributed by atoms with Crippen LogP contribution in [-0.4, -0.2) is 9.97 Å². The molecular formula is C17H11N3O. The highest BCUT2D eigenvalue weighted by Gasteiger charge is 2.13. The average molecular weight is 273 g/mol. The van der Waals surface area contributed by atoms with Gasteiger partial charge in [0.1, 0.15) is 6.07 Å². The maximum Gasteiger partial charge on any atom is 0.285 e. The second-order valence-corrected chi connectivity index (χ2v) is 4.48. The van der Waals surface area contributed by atoms with Gasteiger partial charge in [0.25, 0.3) is 5.56 Å². The van der Waals surface area contributed by atoms with E-state index in [-0.39, 0.29) is 5.69 Å². The van der Waals surface area contributed by atoms with Crippen molar-refractivity contribution < 1.29 is 0 Å². The molecule has 0 aliphatic rings. The van der Waals surface area contributed by atoms with Crippen molar-refractivity contribution in [2.24, 2.45) is 0 Å². The maximum absolute atomic E-state index is 11.9. The first-order valence-electron chi connectivity index (χ1n) is 6.45. The van der Waals surface area contributed by atoms with Crippen molar-refractivity contribution in [1.29, 1.82) is 5.26 Å². The zero-order chi connectivity index (χ0) is 14.7. The molecule has 100 valence electrons. The van der Waals surface area contributed by atoms with Crippen LogP contribution in [0.5, 0.6) is 0 Å². The number of rotatable bonds is 2. The summed E-state index contributed by atoms with van der Waals surface area (Å²) in [6, 6.07) is 20.8. The lowest BCUT2D eigenvalue weighted by atomic mass is 10.0. The Labute approximate surface area is 121 Å². The molecule has 1 heterocycles. The molecule has 0 saturated heterocycles. The van der Waals surface area contributed by atoms with Crippen LogP contribution in [0.15, 0.2) is 65.5 Å². The Kier molecular flexibility index (Phi) is 3.32. The summed E-state index contributed by atoms with van der Waals surface area (Å²) in [7, 11) is 0. The van der Waals surface area contributed by atoms with E-state index in [1.165, 1.54) is 0 Å². The van der Waals surface area contributed by atoms with Gasteiger partial charge in [-0.05, 0) is 0 Å². The topological polar surface area (TPSA) is 69.5 Å². The summed E-state index contributed by atoms with van der Waals surface area (Å²) >= 11 is 0. The molecule has 2 aromatic carbocycles. The van der Waals surface area contributed by atoms with E-state index < -0.39 is 5.56 Å². The molecule has 0 radical (unpaired) electrons. The molecule has 21 heavy (non-hydrogen) atoms. The van der Waals surface area contributed by atoms with Gasteiger partial charge in [-0.3, -0.25) is 4.79 Å². The number of aromatic nitrogens is 2. The second kappa shape index (κ2) is 5.43. The summed E-state index contributed by atoms with van der Waals surface area (Å²) in [4.78, 5) is 18.9. The van der Waals surface area contributed by atoms with E-state index in [1.54, 1.807) is 0 Å². The molecule has 4 heteroatoms. The molecule has 1 aromatic heterocycles. The van der Waals surface area contributed by atoms with E-state index in [2.05, 4.69) is 9.97 Å². The zero-order valence-electron chi connectivity index (χ0n) is 11.1. The van der Waals surface area contributed by atoms with Gasteiger partial charge in [-0.1, -0.05) is 60.7 Å². The SMILES string of the molecule is N#Cc1nc(-c2ccccc2)c(-c2ccccc2)[nH]c1=O. The highest BCUT2D eigenvalue weighted by molar-refractivity contribution is 5.77. The molecular weight excluding hydrogens is 262 g/mol. The third kappa shape index (κ3) is 2.45. The first kappa shape index (κ1) is 12.8. The van der Waals surface area contributed by atoms with Gasteiger partial charge in [-0.2, -0.15) is 5.26 Å². The van der Waals surface area contributed by atoms with Crippen molar-refractivity contribution in [1.82, 2.24) is 9.97 Å². The van der Waals surface area contributed by atoms with Crippen LogP contribution in [0.1, 0.15) is 5.69 Å². The molecule has 0 unspecified atom stereocenters. The molecule has 0 atom stereocenters. The fourth-order valence-electron chi connectivity index (χ4n) is 2.14. The van der Waals surface area contributed by atoms with Gasteiger partial charge in [-0.15, -0.1) is 0 Å². The minimum Gasteiger partial charge on any atom is -0.318 e. The third-order valence-corrected chi connectivity index (χ3v) is 3.13. The van der Waals surface area contributed by atoms with Crippen molar-refractivity contribution in [3.8, 4) is 28.6 Å². The number of nitrogens with one attached hydrogen (secondary N) is 1. The summed E-state index contributed by atoms with van der Waals surface area (Å²) in [5, 5.41) is 9.02. The number of benzene rings is 2. The lowest BCUT2D eigenvalue weighted by Crippen LogP contribution is -2.15. The van der Waals surface area contributed by atoms with Gasteiger partial charge in [-0.25, -0.2) is 4.98 Å². The van der Waals surface area contributed by atoms with Crippen LogP contribution in [-0.2, 0) is 0 Å². The van der Waals surface area contributed by atoms with E-state index >= 15 is 0 Å². The van der Waals surface area contributed by atoms with E-state index in [9.17, 15) is 4.79 Å². The Morgan fingerprint density at radius 1 is 0.905 bits per heavy atom. The van der Waals surface area contributed by atoms with E-state index in [0.717, 1.165) is 11.1 Å². The maximum atomic E-state index is 11.9. The standard InChI is InChI=1S/C17H11N3O/c18-11-14-17(21)20-16(13-9-5-2-6-10-13)15(19-14)12-7-3-1-4-8-12/h1-10H,(H,20,21). The van der Waals surface area contributed by atoms with E-state index in [4.69, 9.17) is 5.26 Å². The summed E-state index contributed by atoms with van der Waals surface area (Å²) in [5.41, 5.74) is 2.31. The first-order chi connectivity index (χ1) is 10.3. The fraction of sp³-hybridized carbons (Fsp3) is 0. The molecule has 0 aliphatic carbocycles. The Balaban J connectivity index is 2.32. The number of nitrogens with zero attached hydrogens (tertiary/aromatic N) is 2. The summed E-state index contributed by atoms with van der Waals surface area (Å²) < 4.78 is 0. The zero-order valence-corrected chi connectivity index (χ0v) is 11.1. The van der Waals surface area contributed by atoms with Crippen LogP contribution < -0.4 is 5.56 Å². The minimum absolute atomic E-state index is 0.131. The van der Waals surface area contributed by atoms with Crippen molar-refractivity contribution in [2.75, 3.05) is 0 Å². The van der Waals surface area contributed by atoms with Gasteiger partial charge < -0.3 is 4.98 Å². The molecule has 0 saturated carbocycles. The van der Waals surface area contributed by atoms with Gasteiger partial charge in [0.05, 0.1) is 11.4 Å². The molecule has 0 fully saturated rings. The van der Waals surface area contributed by atoms with Gasteiger partial charge in [0.2, 0.25) is 5.69 Å². The van der Waals surface area contributed by atoms with Crippen molar-refractivity contribution >= 4 is 0 Å². The van der Waals surface area contributed by atoms with Crippen LogP contribution in [0.2, 0.25) is 0 Å². The van der Waals surface area contributed by atoms with Crippen molar-refractivity contribution in [3.63, 3.8) is 0 Å². The van der Waals surface area contributed by atoms with E-state index in [0.29, 0.717) is 11.4 Å². The summed E-state index contributed by atoms with van der Waals surface area (Å²) in [6.45, 7) is 0. The van der Waals surface area contributed by atoms with E-state index in [1.807, 2.05) is 66.7 Å². The van der Waals surface area contributed by atoms with Crippen LogP contribution >= 0.6 is 0 Å². The van der Waals surface area contributed by atoms with Crippen molar-refractivity contribution in [2.45, 2.75) is 0 Å². The minimum atomic E-state index is -0.476. The lowest BCUT2D eigenvalue weighted by molar-refractivity contribution is 1.11. The highest BCUT2D eigenvalue weighted by Crippen LogP contribution is 2.27. The normalized spacial score (nSPS) is 10.0. The number of hydrogen-bond donors (Lipinski definition) is 1. The van der Waals surface area contributed by atoms with Crippen LogP contribution in [0.4, 0.5) is 0 Å². The molecule has 1 N–H and O–H groups in total. The fourth-order valence-corrected chi connectivity index (χ4v) is 2.14. The van der Waals surface area contributed by atoms with Crippen molar-refractivity contribution in [3.05, 3.63) is 76.7 Å². The number of H-pyrrole nitrogens is 1. The Bertz CT molecular complexity index is 862. The van der Waals surface area contributed by atoms with Gasteiger partial charge >= 0.3 is 0 Å².